The lowest BCUT2D eigenvalue weighted by Crippen LogP contribution is -2.09. The van der Waals surface area contributed by atoms with Crippen LogP contribution >= 0.6 is 27.3 Å². The number of hydrogen-bond acceptors (Lipinski definition) is 3. The number of thiophene rings is 1. The fraction of sp³-hybridized carbons (Fsp3) is 0.154. The van der Waals surface area contributed by atoms with E-state index in [4.69, 9.17) is 10.00 Å². The molecule has 0 bridgehead atoms. The molecule has 0 aliphatic rings. The van der Waals surface area contributed by atoms with E-state index in [1.807, 2.05) is 0 Å². The zero-order chi connectivity index (χ0) is 14.8. The zero-order valence-corrected chi connectivity index (χ0v) is 12.3. The van der Waals surface area contributed by atoms with Crippen molar-refractivity contribution in [3.8, 4) is 11.8 Å². The van der Waals surface area contributed by atoms with Gasteiger partial charge >= 0.3 is 6.18 Å². The fourth-order valence-electron chi connectivity index (χ4n) is 1.53. The topological polar surface area (TPSA) is 33.0 Å². The van der Waals surface area contributed by atoms with Crippen molar-refractivity contribution in [3.63, 3.8) is 0 Å². The summed E-state index contributed by atoms with van der Waals surface area (Å²) in [5, 5.41) is 8.67. The Hall–Kier alpha value is -1.52. The Labute approximate surface area is 125 Å². The molecule has 104 valence electrons. The molecule has 2 aromatic rings. The van der Waals surface area contributed by atoms with Crippen molar-refractivity contribution < 1.29 is 17.9 Å². The van der Waals surface area contributed by atoms with Gasteiger partial charge in [-0.3, -0.25) is 0 Å². The normalized spacial score (nSPS) is 11.2. The molecular formula is C13H7BrF3NOS. The predicted octanol–water partition coefficient (Wildman–Crippen LogP) is 4.98. The van der Waals surface area contributed by atoms with Crippen LogP contribution in [0, 0.1) is 11.3 Å². The van der Waals surface area contributed by atoms with Gasteiger partial charge in [0, 0.05) is 4.88 Å². The van der Waals surface area contributed by atoms with Crippen LogP contribution in [0.3, 0.4) is 0 Å². The Kier molecular flexibility index (Phi) is 4.35. The van der Waals surface area contributed by atoms with Crippen LogP contribution in [0.25, 0.3) is 0 Å². The summed E-state index contributed by atoms with van der Waals surface area (Å²) in [4.78, 5) is 0.800. The van der Waals surface area contributed by atoms with Crippen molar-refractivity contribution in [2.75, 3.05) is 0 Å². The second-order valence-corrected chi connectivity index (χ2v) is 6.36. The van der Waals surface area contributed by atoms with E-state index in [1.165, 1.54) is 23.5 Å². The first-order chi connectivity index (χ1) is 9.40. The van der Waals surface area contributed by atoms with Gasteiger partial charge in [-0.25, -0.2) is 0 Å². The molecule has 2 rings (SSSR count). The number of alkyl halides is 3. The summed E-state index contributed by atoms with van der Waals surface area (Å²) in [6, 6.07) is 8.51. The maximum absolute atomic E-state index is 12.9. The Morgan fingerprint density at radius 3 is 2.55 bits per heavy atom. The minimum absolute atomic E-state index is 0.0469. The molecular weight excluding hydrogens is 355 g/mol. The summed E-state index contributed by atoms with van der Waals surface area (Å²) >= 11 is 4.66. The van der Waals surface area contributed by atoms with E-state index in [2.05, 4.69) is 15.9 Å². The smallest absolute Gasteiger partial charge is 0.420 e. The predicted molar refractivity (Wildman–Crippen MR) is 72.5 cm³/mol. The first-order valence-electron chi connectivity index (χ1n) is 5.38. The largest absolute Gasteiger partial charge is 0.487 e. The number of nitrogens with zero attached hydrogens (tertiary/aromatic N) is 1. The first-order valence-corrected chi connectivity index (χ1v) is 6.99. The lowest BCUT2D eigenvalue weighted by molar-refractivity contribution is -0.139. The van der Waals surface area contributed by atoms with E-state index in [0.717, 1.165) is 14.7 Å². The number of benzene rings is 1. The SMILES string of the molecule is N#Cc1ccc(OCc2ccc(Br)s2)c(C(F)(F)F)c1. The number of hydrogen-bond donors (Lipinski definition) is 0. The van der Waals surface area contributed by atoms with Crippen LogP contribution in [-0.2, 0) is 12.8 Å². The van der Waals surface area contributed by atoms with Gasteiger partial charge in [-0.15, -0.1) is 11.3 Å². The molecule has 7 heteroatoms. The van der Waals surface area contributed by atoms with Crippen molar-refractivity contribution in [2.24, 2.45) is 0 Å². The van der Waals surface area contributed by atoms with E-state index in [9.17, 15) is 13.2 Å². The Morgan fingerprint density at radius 2 is 2.00 bits per heavy atom. The molecule has 0 aliphatic heterocycles. The number of halogens is 4. The number of ether oxygens (including phenoxy) is 1. The van der Waals surface area contributed by atoms with Gasteiger partial charge in [0.25, 0.3) is 0 Å². The maximum Gasteiger partial charge on any atom is 0.420 e. The average Bonchev–Trinajstić information content (AvgIpc) is 2.81. The van der Waals surface area contributed by atoms with Gasteiger partial charge in [0.1, 0.15) is 12.4 Å². The van der Waals surface area contributed by atoms with E-state index in [1.54, 1.807) is 18.2 Å². The van der Waals surface area contributed by atoms with Crippen LogP contribution < -0.4 is 4.74 Å². The molecule has 0 aliphatic carbocycles. The molecule has 0 amide bonds. The third-order valence-corrected chi connectivity index (χ3v) is 4.01. The fourth-order valence-corrected chi connectivity index (χ4v) is 2.92. The van der Waals surface area contributed by atoms with Crippen LogP contribution in [-0.4, -0.2) is 0 Å². The van der Waals surface area contributed by atoms with Crippen LogP contribution in [0.15, 0.2) is 34.1 Å². The van der Waals surface area contributed by atoms with Crippen LogP contribution in [0.4, 0.5) is 13.2 Å². The van der Waals surface area contributed by atoms with Gasteiger partial charge < -0.3 is 4.74 Å². The molecule has 0 spiro atoms. The second kappa shape index (κ2) is 5.85. The molecule has 1 aromatic heterocycles. The van der Waals surface area contributed by atoms with Gasteiger partial charge in [0.05, 0.1) is 21.0 Å². The van der Waals surface area contributed by atoms with Crippen LogP contribution in [0.2, 0.25) is 0 Å². The summed E-state index contributed by atoms with van der Waals surface area (Å²) < 4.78 is 44.8. The summed E-state index contributed by atoms with van der Waals surface area (Å²) in [5.41, 5.74) is -0.990. The molecule has 0 atom stereocenters. The average molecular weight is 362 g/mol. The van der Waals surface area contributed by atoms with E-state index >= 15 is 0 Å². The molecule has 0 unspecified atom stereocenters. The summed E-state index contributed by atoms with van der Waals surface area (Å²) in [6.45, 7) is 0.0469. The summed E-state index contributed by atoms with van der Waals surface area (Å²) in [7, 11) is 0. The molecule has 0 saturated heterocycles. The van der Waals surface area contributed by atoms with Crippen LogP contribution in [0.5, 0.6) is 5.75 Å². The third-order valence-electron chi connectivity index (χ3n) is 2.41. The van der Waals surface area contributed by atoms with Crippen molar-refractivity contribution in [1.82, 2.24) is 0 Å². The number of rotatable bonds is 3. The monoisotopic (exact) mass is 361 g/mol. The van der Waals surface area contributed by atoms with Crippen molar-refractivity contribution in [1.29, 1.82) is 5.26 Å². The highest BCUT2D eigenvalue weighted by Gasteiger charge is 2.34. The van der Waals surface area contributed by atoms with Gasteiger partial charge in [-0.05, 0) is 46.3 Å². The molecule has 2 nitrogen and oxygen atoms in total. The molecule has 0 fully saturated rings. The highest BCUT2D eigenvalue weighted by Crippen LogP contribution is 2.37. The maximum atomic E-state index is 12.9. The van der Waals surface area contributed by atoms with E-state index in [0.29, 0.717) is 0 Å². The molecule has 20 heavy (non-hydrogen) atoms. The van der Waals surface area contributed by atoms with Gasteiger partial charge in [0.15, 0.2) is 0 Å². The first kappa shape index (κ1) is 14.9. The highest BCUT2D eigenvalue weighted by molar-refractivity contribution is 9.11. The number of nitriles is 1. The molecule has 0 saturated carbocycles. The molecule has 1 heterocycles. The van der Waals surface area contributed by atoms with Gasteiger partial charge in [-0.1, -0.05) is 0 Å². The second-order valence-electron chi connectivity index (χ2n) is 3.81. The third kappa shape index (κ3) is 3.52. The Balaban J connectivity index is 2.25. The molecule has 1 aromatic carbocycles. The quantitative estimate of drug-likeness (QED) is 0.772. The van der Waals surface area contributed by atoms with Crippen molar-refractivity contribution in [2.45, 2.75) is 12.8 Å². The van der Waals surface area contributed by atoms with E-state index in [-0.39, 0.29) is 17.9 Å². The Bertz CT molecular complexity index is 660. The van der Waals surface area contributed by atoms with Gasteiger partial charge in [0.2, 0.25) is 0 Å². The van der Waals surface area contributed by atoms with Gasteiger partial charge in [-0.2, -0.15) is 18.4 Å². The van der Waals surface area contributed by atoms with Crippen molar-refractivity contribution >= 4 is 27.3 Å². The molecule has 0 N–H and O–H groups in total. The lowest BCUT2D eigenvalue weighted by atomic mass is 10.1. The van der Waals surface area contributed by atoms with Crippen molar-refractivity contribution in [3.05, 3.63) is 50.1 Å². The van der Waals surface area contributed by atoms with E-state index < -0.39 is 11.7 Å². The standard InChI is InChI=1S/C13H7BrF3NOS/c14-12-4-2-9(20-12)7-19-11-3-1-8(6-18)5-10(11)13(15,16)17/h1-5H,7H2. The lowest BCUT2D eigenvalue weighted by Gasteiger charge is -2.13. The summed E-state index contributed by atoms with van der Waals surface area (Å²) in [5.74, 6) is -0.277. The highest BCUT2D eigenvalue weighted by atomic mass is 79.9. The minimum atomic E-state index is -4.56. The van der Waals surface area contributed by atoms with Crippen LogP contribution in [0.1, 0.15) is 16.0 Å². The Morgan fingerprint density at radius 1 is 1.25 bits per heavy atom. The molecule has 0 radical (unpaired) electrons. The summed E-state index contributed by atoms with van der Waals surface area (Å²) in [6.07, 6.45) is -4.56. The zero-order valence-electron chi connectivity index (χ0n) is 9.87. The minimum Gasteiger partial charge on any atom is -0.487 e.